The molecular formula is C21H17N. The van der Waals surface area contributed by atoms with Crippen molar-refractivity contribution in [2.45, 2.75) is 6.92 Å². The van der Waals surface area contributed by atoms with Crippen LogP contribution in [0.2, 0.25) is 0 Å². The zero-order chi connectivity index (χ0) is 14.9. The first kappa shape index (κ1) is 12.9. The van der Waals surface area contributed by atoms with E-state index in [9.17, 15) is 0 Å². The van der Waals surface area contributed by atoms with E-state index in [0.717, 1.165) is 0 Å². The largest absolute Gasteiger partial charge is 0.355 e. The second kappa shape index (κ2) is 5.19. The number of aromatic amines is 1. The maximum atomic E-state index is 3.55. The molecule has 0 atom stereocenters. The average Bonchev–Trinajstić information content (AvgIpc) is 2.98. The highest BCUT2D eigenvalue weighted by Gasteiger charge is 2.09. The lowest BCUT2D eigenvalue weighted by molar-refractivity contribution is 1.44. The molecule has 1 N–H and O–H groups in total. The van der Waals surface area contributed by atoms with Crippen LogP contribution in [0.3, 0.4) is 0 Å². The smallest absolute Gasteiger partial charge is 0.0471 e. The minimum Gasteiger partial charge on any atom is -0.355 e. The van der Waals surface area contributed by atoms with E-state index in [-0.39, 0.29) is 0 Å². The van der Waals surface area contributed by atoms with E-state index in [2.05, 4.69) is 90.8 Å². The number of hydrogen-bond acceptors (Lipinski definition) is 0. The van der Waals surface area contributed by atoms with Crippen LogP contribution in [0.15, 0.2) is 78.9 Å². The van der Waals surface area contributed by atoms with Crippen LogP contribution in [-0.2, 0) is 0 Å². The highest BCUT2D eigenvalue weighted by Crippen LogP contribution is 2.33. The zero-order valence-electron chi connectivity index (χ0n) is 12.5. The van der Waals surface area contributed by atoms with Gasteiger partial charge in [0.15, 0.2) is 0 Å². The highest BCUT2D eigenvalue weighted by atomic mass is 14.7. The predicted octanol–water partition coefficient (Wildman–Crippen LogP) is 5.81. The van der Waals surface area contributed by atoms with Crippen LogP contribution in [0.25, 0.3) is 33.3 Å². The number of nitrogens with one attached hydrogen (secondary N) is 1. The summed E-state index contributed by atoms with van der Waals surface area (Å²) in [6, 6.07) is 27.9. The lowest BCUT2D eigenvalue weighted by Crippen LogP contribution is -1.84. The van der Waals surface area contributed by atoms with E-state index >= 15 is 0 Å². The average molecular weight is 283 g/mol. The van der Waals surface area contributed by atoms with Crippen LogP contribution >= 0.6 is 0 Å². The van der Waals surface area contributed by atoms with Gasteiger partial charge in [0.05, 0.1) is 0 Å². The molecular weight excluding hydrogens is 266 g/mol. The molecule has 1 heteroatoms. The fraction of sp³-hybridized carbons (Fsp3) is 0.0476. The van der Waals surface area contributed by atoms with Gasteiger partial charge in [0.1, 0.15) is 0 Å². The Morgan fingerprint density at radius 3 is 2.23 bits per heavy atom. The second-order valence-corrected chi connectivity index (χ2v) is 5.69. The molecule has 1 nitrogen and oxygen atoms in total. The molecule has 0 saturated heterocycles. The Labute approximate surface area is 130 Å². The number of H-pyrrole nitrogens is 1. The molecule has 1 aromatic heterocycles. The second-order valence-electron chi connectivity index (χ2n) is 5.69. The van der Waals surface area contributed by atoms with Crippen molar-refractivity contribution in [1.82, 2.24) is 4.98 Å². The molecule has 0 radical (unpaired) electrons. The molecule has 1 heterocycles. The number of hydrogen-bond donors (Lipinski definition) is 1. The van der Waals surface area contributed by atoms with Crippen molar-refractivity contribution in [2.24, 2.45) is 0 Å². The maximum Gasteiger partial charge on any atom is 0.0471 e. The SMILES string of the molecule is Cc1ccc2[nH]c(-c3ccccc3-c3ccccc3)cc2c1. The van der Waals surface area contributed by atoms with Gasteiger partial charge in [0.2, 0.25) is 0 Å². The summed E-state index contributed by atoms with van der Waals surface area (Å²) < 4.78 is 0. The van der Waals surface area contributed by atoms with Gasteiger partial charge in [-0.15, -0.1) is 0 Å². The lowest BCUT2D eigenvalue weighted by Gasteiger charge is -2.08. The fourth-order valence-electron chi connectivity index (χ4n) is 2.98. The highest BCUT2D eigenvalue weighted by molar-refractivity contribution is 5.90. The molecule has 0 spiro atoms. The standard InChI is InChI=1S/C21H17N/c1-15-11-12-20-17(13-15)14-21(22-20)19-10-6-5-9-18(19)16-7-3-2-4-8-16/h2-14,22H,1H3. The summed E-state index contributed by atoms with van der Waals surface area (Å²) in [6.07, 6.45) is 0. The lowest BCUT2D eigenvalue weighted by atomic mass is 9.98. The molecule has 0 aliphatic rings. The summed E-state index contributed by atoms with van der Waals surface area (Å²) in [6.45, 7) is 2.13. The summed E-state index contributed by atoms with van der Waals surface area (Å²) in [7, 11) is 0. The summed E-state index contributed by atoms with van der Waals surface area (Å²) >= 11 is 0. The van der Waals surface area contributed by atoms with Gasteiger partial charge in [-0.1, -0.05) is 66.2 Å². The molecule has 0 fully saturated rings. The first-order chi connectivity index (χ1) is 10.8. The van der Waals surface area contributed by atoms with Crippen LogP contribution < -0.4 is 0 Å². The van der Waals surface area contributed by atoms with Crippen LogP contribution in [0.4, 0.5) is 0 Å². The van der Waals surface area contributed by atoms with E-state index in [1.165, 1.54) is 38.9 Å². The Morgan fingerprint density at radius 2 is 1.41 bits per heavy atom. The first-order valence-corrected chi connectivity index (χ1v) is 7.55. The molecule has 3 aromatic carbocycles. The third-order valence-corrected chi connectivity index (χ3v) is 4.08. The van der Waals surface area contributed by atoms with Crippen molar-refractivity contribution in [3.8, 4) is 22.4 Å². The van der Waals surface area contributed by atoms with E-state index in [1.54, 1.807) is 0 Å². The Balaban J connectivity index is 1.92. The molecule has 0 amide bonds. The third-order valence-electron chi connectivity index (χ3n) is 4.08. The summed E-state index contributed by atoms with van der Waals surface area (Å²) in [5.41, 5.74) is 7.37. The number of benzene rings is 3. The first-order valence-electron chi connectivity index (χ1n) is 7.55. The van der Waals surface area contributed by atoms with Gasteiger partial charge in [0.25, 0.3) is 0 Å². The van der Waals surface area contributed by atoms with Gasteiger partial charge in [-0.3, -0.25) is 0 Å². The van der Waals surface area contributed by atoms with Crippen molar-refractivity contribution in [1.29, 1.82) is 0 Å². The van der Waals surface area contributed by atoms with Gasteiger partial charge in [-0.25, -0.2) is 0 Å². The molecule has 0 aliphatic heterocycles. The van der Waals surface area contributed by atoms with Crippen LogP contribution in [0.5, 0.6) is 0 Å². The summed E-state index contributed by atoms with van der Waals surface area (Å²) in [5.74, 6) is 0. The van der Waals surface area contributed by atoms with Crippen molar-refractivity contribution in [3.05, 3.63) is 84.4 Å². The fourth-order valence-corrected chi connectivity index (χ4v) is 2.98. The van der Waals surface area contributed by atoms with E-state index in [0.29, 0.717) is 0 Å². The van der Waals surface area contributed by atoms with Crippen molar-refractivity contribution < 1.29 is 0 Å². The normalized spacial score (nSPS) is 11.0. The molecule has 0 bridgehead atoms. The molecule has 4 rings (SSSR count). The van der Waals surface area contributed by atoms with Crippen molar-refractivity contribution in [2.75, 3.05) is 0 Å². The van der Waals surface area contributed by atoms with Crippen LogP contribution in [0.1, 0.15) is 5.56 Å². The number of aryl methyl sites for hydroxylation is 1. The maximum absolute atomic E-state index is 3.55. The minimum atomic E-state index is 1.17. The molecule has 0 aliphatic carbocycles. The third kappa shape index (κ3) is 2.21. The molecule has 22 heavy (non-hydrogen) atoms. The van der Waals surface area contributed by atoms with E-state index in [1.807, 2.05) is 0 Å². The molecule has 106 valence electrons. The quantitative estimate of drug-likeness (QED) is 0.478. The number of aromatic nitrogens is 1. The topological polar surface area (TPSA) is 15.8 Å². The molecule has 0 unspecified atom stereocenters. The minimum absolute atomic E-state index is 1.17. The van der Waals surface area contributed by atoms with E-state index in [4.69, 9.17) is 0 Å². The predicted molar refractivity (Wildman–Crippen MR) is 93.9 cm³/mol. The van der Waals surface area contributed by atoms with Crippen LogP contribution in [-0.4, -0.2) is 4.98 Å². The number of rotatable bonds is 2. The molecule has 4 aromatic rings. The Morgan fingerprint density at radius 1 is 0.682 bits per heavy atom. The summed E-state index contributed by atoms with van der Waals surface area (Å²) in [4.78, 5) is 3.55. The van der Waals surface area contributed by atoms with Gasteiger partial charge in [0, 0.05) is 22.2 Å². The Kier molecular flexibility index (Phi) is 3.05. The van der Waals surface area contributed by atoms with Gasteiger partial charge < -0.3 is 4.98 Å². The van der Waals surface area contributed by atoms with Gasteiger partial charge in [-0.2, -0.15) is 0 Å². The Hall–Kier alpha value is -2.80. The van der Waals surface area contributed by atoms with Crippen LogP contribution in [0, 0.1) is 6.92 Å². The van der Waals surface area contributed by atoms with Crippen molar-refractivity contribution >= 4 is 10.9 Å². The van der Waals surface area contributed by atoms with E-state index < -0.39 is 0 Å². The van der Waals surface area contributed by atoms with Gasteiger partial charge in [-0.05, 0) is 36.2 Å². The summed E-state index contributed by atoms with van der Waals surface area (Å²) in [5, 5.41) is 1.26. The number of fused-ring (bicyclic) bond motifs is 1. The molecule has 0 saturated carbocycles. The van der Waals surface area contributed by atoms with Crippen molar-refractivity contribution in [3.63, 3.8) is 0 Å². The van der Waals surface area contributed by atoms with Gasteiger partial charge >= 0.3 is 0 Å². The monoisotopic (exact) mass is 283 g/mol. The Bertz CT molecular complexity index is 932. The zero-order valence-corrected chi connectivity index (χ0v) is 12.5.